The third kappa shape index (κ3) is 1.65. The second-order valence-corrected chi connectivity index (χ2v) is 4.34. The minimum Gasteiger partial charge on any atom is -0.494 e. The summed E-state index contributed by atoms with van der Waals surface area (Å²) in [7, 11) is 2.06. The lowest BCUT2D eigenvalue weighted by Crippen LogP contribution is -1.91. The van der Waals surface area contributed by atoms with Crippen LogP contribution in [0.4, 0.5) is 0 Å². The molecule has 15 heavy (non-hydrogen) atoms. The molecule has 1 aromatic carbocycles. The van der Waals surface area contributed by atoms with Crippen LogP contribution in [0.3, 0.4) is 0 Å². The predicted molar refractivity (Wildman–Crippen MR) is 66.5 cm³/mol. The Kier molecular flexibility index (Phi) is 2.74. The molecule has 2 nitrogen and oxygen atoms in total. The van der Waals surface area contributed by atoms with Crippen LogP contribution in [0.15, 0.2) is 22.8 Å². The minimum absolute atomic E-state index is 0.707. The maximum absolute atomic E-state index is 5.49. The van der Waals surface area contributed by atoms with E-state index in [1.807, 2.05) is 13.0 Å². The SMILES string of the molecule is CCOc1ccc2c(c1)c(C)c(Br)n2C. The number of hydrogen-bond acceptors (Lipinski definition) is 1. The highest BCUT2D eigenvalue weighted by Gasteiger charge is 2.09. The van der Waals surface area contributed by atoms with Gasteiger partial charge in [-0.25, -0.2) is 0 Å². The highest BCUT2D eigenvalue weighted by Crippen LogP contribution is 2.31. The van der Waals surface area contributed by atoms with Crippen molar-refractivity contribution in [1.29, 1.82) is 0 Å². The molecule has 2 rings (SSSR count). The Morgan fingerprint density at radius 3 is 2.80 bits per heavy atom. The van der Waals surface area contributed by atoms with Crippen LogP contribution in [0.1, 0.15) is 12.5 Å². The molecule has 0 unspecified atom stereocenters. The zero-order valence-corrected chi connectivity index (χ0v) is 10.8. The fourth-order valence-electron chi connectivity index (χ4n) is 1.83. The Bertz CT molecular complexity index is 502. The van der Waals surface area contributed by atoms with Crippen LogP contribution in [0.5, 0.6) is 5.75 Å². The topological polar surface area (TPSA) is 14.2 Å². The number of ether oxygens (including phenoxy) is 1. The predicted octanol–water partition coefficient (Wildman–Crippen LogP) is 3.65. The number of nitrogens with zero attached hydrogens (tertiary/aromatic N) is 1. The maximum atomic E-state index is 5.49. The molecule has 0 N–H and O–H groups in total. The summed E-state index contributed by atoms with van der Waals surface area (Å²) in [4.78, 5) is 0. The number of fused-ring (bicyclic) bond motifs is 1. The zero-order valence-electron chi connectivity index (χ0n) is 9.17. The van der Waals surface area contributed by atoms with Crippen molar-refractivity contribution in [3.8, 4) is 5.75 Å². The zero-order chi connectivity index (χ0) is 11.0. The van der Waals surface area contributed by atoms with Crippen molar-refractivity contribution in [3.05, 3.63) is 28.4 Å². The summed E-state index contributed by atoms with van der Waals surface area (Å²) in [6.07, 6.45) is 0. The third-order valence-corrected chi connectivity index (χ3v) is 3.78. The molecule has 0 aliphatic heterocycles. The Balaban J connectivity index is 2.66. The van der Waals surface area contributed by atoms with Crippen molar-refractivity contribution >= 4 is 26.8 Å². The van der Waals surface area contributed by atoms with E-state index in [2.05, 4.69) is 46.6 Å². The van der Waals surface area contributed by atoms with Gasteiger partial charge in [0.25, 0.3) is 0 Å². The van der Waals surface area contributed by atoms with Crippen molar-refractivity contribution in [2.24, 2.45) is 7.05 Å². The minimum atomic E-state index is 0.707. The van der Waals surface area contributed by atoms with Crippen LogP contribution in [-0.2, 0) is 7.05 Å². The van der Waals surface area contributed by atoms with Crippen LogP contribution in [0.2, 0.25) is 0 Å². The van der Waals surface area contributed by atoms with Gasteiger partial charge in [-0.05, 0) is 53.5 Å². The molecular weight excluding hydrogens is 254 g/mol. The summed E-state index contributed by atoms with van der Waals surface area (Å²) < 4.78 is 8.76. The van der Waals surface area contributed by atoms with Gasteiger partial charge in [0.05, 0.1) is 11.2 Å². The van der Waals surface area contributed by atoms with E-state index in [0.717, 1.165) is 10.4 Å². The molecule has 0 spiro atoms. The second-order valence-electron chi connectivity index (χ2n) is 3.59. The molecule has 2 aromatic rings. The van der Waals surface area contributed by atoms with Crippen LogP contribution in [-0.4, -0.2) is 11.2 Å². The molecule has 0 saturated heterocycles. The van der Waals surface area contributed by atoms with Crippen molar-refractivity contribution in [2.75, 3.05) is 6.61 Å². The van der Waals surface area contributed by atoms with Gasteiger partial charge in [0.15, 0.2) is 0 Å². The molecule has 0 aliphatic carbocycles. The van der Waals surface area contributed by atoms with Crippen LogP contribution in [0.25, 0.3) is 10.9 Å². The molecule has 0 fully saturated rings. The Morgan fingerprint density at radius 2 is 2.13 bits per heavy atom. The van der Waals surface area contributed by atoms with Gasteiger partial charge in [0, 0.05) is 18.0 Å². The Hall–Kier alpha value is -0.960. The van der Waals surface area contributed by atoms with E-state index in [1.165, 1.54) is 16.5 Å². The standard InChI is InChI=1S/C12H14BrNO/c1-4-15-9-5-6-11-10(7-9)8(2)12(13)14(11)3/h5-7H,4H2,1-3H3. The first-order chi connectivity index (χ1) is 7.15. The molecule has 0 radical (unpaired) electrons. The molecule has 0 bridgehead atoms. The van der Waals surface area contributed by atoms with Gasteiger partial charge in [-0.3, -0.25) is 0 Å². The molecule has 1 heterocycles. The first-order valence-corrected chi connectivity index (χ1v) is 5.81. The number of halogens is 1. The summed E-state index contributed by atoms with van der Waals surface area (Å²) in [6.45, 7) is 4.82. The van der Waals surface area contributed by atoms with Gasteiger partial charge in [0.1, 0.15) is 5.75 Å². The quantitative estimate of drug-likeness (QED) is 0.811. The van der Waals surface area contributed by atoms with E-state index >= 15 is 0 Å². The Morgan fingerprint density at radius 1 is 1.40 bits per heavy atom. The van der Waals surface area contributed by atoms with Crippen LogP contribution >= 0.6 is 15.9 Å². The largest absolute Gasteiger partial charge is 0.494 e. The van der Waals surface area contributed by atoms with E-state index in [0.29, 0.717) is 6.61 Å². The van der Waals surface area contributed by atoms with E-state index in [9.17, 15) is 0 Å². The monoisotopic (exact) mass is 267 g/mol. The fourth-order valence-corrected chi connectivity index (χ4v) is 2.24. The lowest BCUT2D eigenvalue weighted by atomic mass is 10.2. The number of aryl methyl sites for hydroxylation is 2. The van der Waals surface area contributed by atoms with Crippen molar-refractivity contribution in [2.45, 2.75) is 13.8 Å². The summed E-state index contributed by atoms with van der Waals surface area (Å²) in [6, 6.07) is 6.20. The summed E-state index contributed by atoms with van der Waals surface area (Å²) in [5, 5.41) is 1.25. The Labute approximate surface area is 98.0 Å². The molecule has 3 heteroatoms. The van der Waals surface area contributed by atoms with Gasteiger partial charge in [-0.15, -0.1) is 0 Å². The summed E-state index contributed by atoms with van der Waals surface area (Å²) in [5.41, 5.74) is 2.48. The van der Waals surface area contributed by atoms with Crippen molar-refractivity contribution in [1.82, 2.24) is 4.57 Å². The first-order valence-electron chi connectivity index (χ1n) is 5.02. The first kappa shape index (κ1) is 10.6. The van der Waals surface area contributed by atoms with E-state index < -0.39 is 0 Å². The van der Waals surface area contributed by atoms with Gasteiger partial charge >= 0.3 is 0 Å². The second kappa shape index (κ2) is 3.89. The third-order valence-electron chi connectivity index (χ3n) is 2.65. The molecule has 1 aromatic heterocycles. The number of aromatic nitrogens is 1. The normalized spacial score (nSPS) is 10.9. The van der Waals surface area contributed by atoms with Crippen LogP contribution in [0, 0.1) is 6.92 Å². The lowest BCUT2D eigenvalue weighted by Gasteiger charge is -2.03. The van der Waals surface area contributed by atoms with Crippen molar-refractivity contribution in [3.63, 3.8) is 0 Å². The molecular formula is C12H14BrNO. The average molecular weight is 268 g/mol. The van der Waals surface area contributed by atoms with E-state index in [4.69, 9.17) is 4.74 Å². The number of rotatable bonds is 2. The average Bonchev–Trinajstić information content (AvgIpc) is 2.45. The van der Waals surface area contributed by atoms with Gasteiger partial charge in [-0.1, -0.05) is 0 Å². The number of hydrogen-bond donors (Lipinski definition) is 0. The lowest BCUT2D eigenvalue weighted by molar-refractivity contribution is 0.340. The maximum Gasteiger partial charge on any atom is 0.120 e. The van der Waals surface area contributed by atoms with Gasteiger partial charge in [0.2, 0.25) is 0 Å². The molecule has 0 amide bonds. The van der Waals surface area contributed by atoms with E-state index in [-0.39, 0.29) is 0 Å². The highest BCUT2D eigenvalue weighted by atomic mass is 79.9. The van der Waals surface area contributed by atoms with E-state index in [1.54, 1.807) is 0 Å². The molecule has 0 atom stereocenters. The number of benzene rings is 1. The molecule has 0 saturated carbocycles. The van der Waals surface area contributed by atoms with Crippen molar-refractivity contribution < 1.29 is 4.74 Å². The summed E-state index contributed by atoms with van der Waals surface area (Å²) in [5.74, 6) is 0.936. The van der Waals surface area contributed by atoms with Gasteiger partial charge < -0.3 is 9.30 Å². The van der Waals surface area contributed by atoms with Gasteiger partial charge in [-0.2, -0.15) is 0 Å². The highest BCUT2D eigenvalue weighted by molar-refractivity contribution is 9.10. The van der Waals surface area contributed by atoms with Crippen LogP contribution < -0.4 is 4.74 Å². The smallest absolute Gasteiger partial charge is 0.120 e. The molecule has 0 aliphatic rings. The molecule has 80 valence electrons. The summed E-state index contributed by atoms with van der Waals surface area (Å²) >= 11 is 3.58. The fraction of sp³-hybridized carbons (Fsp3) is 0.333.